The van der Waals surface area contributed by atoms with Crippen molar-refractivity contribution in [1.82, 2.24) is 20.2 Å². The van der Waals surface area contributed by atoms with Gasteiger partial charge in [-0.05, 0) is 43.2 Å². The van der Waals surface area contributed by atoms with Crippen LogP contribution in [-0.2, 0) is 16.0 Å². The Balaban J connectivity index is 1.60. The minimum absolute atomic E-state index is 0.0640. The molecule has 150 valence electrons. The number of ketones is 1. The Kier molecular flexibility index (Phi) is 6.90. The molecule has 3 aromatic rings. The topological polar surface area (TPSA) is 103 Å². The standard InChI is InChI=1S/C20H20ClN5O2S/c1-13(27)17(11-14-5-3-2-4-6-14)23-18(28)12-29-20-25-24-19(26(20)22)15-7-9-16(21)10-8-15/h2-10,17H,11-12,22H2,1H3,(H,23,28). The molecule has 9 heteroatoms. The van der Waals surface area contributed by atoms with Crippen molar-refractivity contribution in [2.75, 3.05) is 11.6 Å². The summed E-state index contributed by atoms with van der Waals surface area (Å²) in [5.74, 6) is 6.22. The van der Waals surface area contributed by atoms with Crippen molar-refractivity contribution in [1.29, 1.82) is 0 Å². The number of carbonyl (C=O) groups is 2. The Hall–Kier alpha value is -2.84. The Morgan fingerprint density at radius 3 is 2.48 bits per heavy atom. The van der Waals surface area contributed by atoms with Crippen LogP contribution in [-0.4, -0.2) is 38.4 Å². The molecule has 0 saturated carbocycles. The van der Waals surface area contributed by atoms with Crippen molar-refractivity contribution in [3.8, 4) is 11.4 Å². The van der Waals surface area contributed by atoms with Gasteiger partial charge in [-0.1, -0.05) is 53.7 Å². The van der Waals surface area contributed by atoms with Crippen LogP contribution >= 0.6 is 23.4 Å². The van der Waals surface area contributed by atoms with Crippen molar-refractivity contribution in [2.45, 2.75) is 24.5 Å². The van der Waals surface area contributed by atoms with Crippen molar-refractivity contribution in [3.05, 3.63) is 65.2 Å². The first kappa shape index (κ1) is 20.9. The maximum Gasteiger partial charge on any atom is 0.231 e. The van der Waals surface area contributed by atoms with E-state index in [2.05, 4.69) is 15.5 Å². The van der Waals surface area contributed by atoms with E-state index in [9.17, 15) is 9.59 Å². The zero-order valence-corrected chi connectivity index (χ0v) is 17.3. The summed E-state index contributed by atoms with van der Waals surface area (Å²) < 4.78 is 1.33. The van der Waals surface area contributed by atoms with Gasteiger partial charge in [0.25, 0.3) is 0 Å². The molecule has 1 amide bonds. The quantitative estimate of drug-likeness (QED) is 0.421. The van der Waals surface area contributed by atoms with E-state index in [0.717, 1.165) is 22.9 Å². The number of aromatic nitrogens is 3. The van der Waals surface area contributed by atoms with E-state index in [0.29, 0.717) is 22.4 Å². The van der Waals surface area contributed by atoms with Gasteiger partial charge in [0.1, 0.15) is 0 Å². The summed E-state index contributed by atoms with van der Waals surface area (Å²) in [6, 6.07) is 16.0. The number of carbonyl (C=O) groups excluding carboxylic acids is 2. The highest BCUT2D eigenvalue weighted by Crippen LogP contribution is 2.22. The molecular formula is C20H20ClN5O2S. The molecule has 0 radical (unpaired) electrons. The largest absolute Gasteiger partial charge is 0.345 e. The van der Waals surface area contributed by atoms with E-state index >= 15 is 0 Å². The number of thioether (sulfide) groups is 1. The van der Waals surface area contributed by atoms with Crippen LogP contribution in [0, 0.1) is 0 Å². The van der Waals surface area contributed by atoms with E-state index in [-0.39, 0.29) is 17.4 Å². The Morgan fingerprint density at radius 1 is 1.14 bits per heavy atom. The summed E-state index contributed by atoms with van der Waals surface area (Å²) in [5.41, 5.74) is 1.75. The molecule has 2 aromatic carbocycles. The lowest BCUT2D eigenvalue weighted by Crippen LogP contribution is -2.42. The highest BCUT2D eigenvalue weighted by atomic mass is 35.5. The zero-order valence-electron chi connectivity index (χ0n) is 15.7. The fourth-order valence-electron chi connectivity index (χ4n) is 2.68. The number of hydrogen-bond acceptors (Lipinski definition) is 6. The van der Waals surface area contributed by atoms with Crippen LogP contribution in [0.1, 0.15) is 12.5 Å². The van der Waals surface area contributed by atoms with E-state index < -0.39 is 6.04 Å². The molecule has 1 aromatic heterocycles. The third kappa shape index (κ3) is 5.58. The van der Waals surface area contributed by atoms with Crippen LogP contribution in [0.2, 0.25) is 5.02 Å². The highest BCUT2D eigenvalue weighted by Gasteiger charge is 2.19. The first-order valence-corrected chi connectivity index (χ1v) is 10.2. The summed E-state index contributed by atoms with van der Waals surface area (Å²) in [6.45, 7) is 1.47. The molecule has 3 N–H and O–H groups in total. The fourth-order valence-corrected chi connectivity index (χ4v) is 3.48. The second-order valence-corrected chi connectivity index (χ2v) is 7.77. The van der Waals surface area contributed by atoms with Crippen LogP contribution in [0.4, 0.5) is 0 Å². The zero-order chi connectivity index (χ0) is 20.8. The maximum absolute atomic E-state index is 12.3. The number of amides is 1. The van der Waals surface area contributed by atoms with Gasteiger partial charge in [0.2, 0.25) is 11.1 Å². The average Bonchev–Trinajstić information content (AvgIpc) is 3.07. The lowest BCUT2D eigenvalue weighted by molar-refractivity contribution is -0.125. The van der Waals surface area contributed by atoms with E-state index in [4.69, 9.17) is 17.4 Å². The second-order valence-electron chi connectivity index (χ2n) is 6.39. The number of hydrogen-bond donors (Lipinski definition) is 2. The average molecular weight is 430 g/mol. The van der Waals surface area contributed by atoms with Gasteiger partial charge in [0, 0.05) is 10.6 Å². The highest BCUT2D eigenvalue weighted by molar-refractivity contribution is 7.99. The number of rotatable bonds is 8. The molecule has 29 heavy (non-hydrogen) atoms. The SMILES string of the molecule is CC(=O)C(Cc1ccccc1)NC(=O)CSc1nnc(-c2ccc(Cl)cc2)n1N. The molecule has 1 unspecified atom stereocenters. The van der Waals surface area contributed by atoms with Crippen molar-refractivity contribution in [2.24, 2.45) is 0 Å². The summed E-state index contributed by atoms with van der Waals surface area (Å²) >= 11 is 7.05. The Labute approximate surface area is 177 Å². The predicted molar refractivity (Wildman–Crippen MR) is 114 cm³/mol. The van der Waals surface area contributed by atoms with Gasteiger partial charge in [0.15, 0.2) is 11.6 Å². The summed E-state index contributed by atoms with van der Waals surface area (Å²) in [4.78, 5) is 24.3. The van der Waals surface area contributed by atoms with Crippen LogP contribution in [0.15, 0.2) is 59.8 Å². The summed E-state index contributed by atoms with van der Waals surface area (Å²) in [6.07, 6.45) is 0.445. The lowest BCUT2D eigenvalue weighted by Gasteiger charge is -2.16. The molecule has 0 fully saturated rings. The monoisotopic (exact) mass is 429 g/mol. The van der Waals surface area contributed by atoms with Crippen LogP contribution in [0.25, 0.3) is 11.4 Å². The van der Waals surface area contributed by atoms with Crippen LogP contribution in [0.3, 0.4) is 0 Å². The number of Topliss-reactive ketones (excluding diaryl/α,β-unsaturated/α-hetero) is 1. The second kappa shape index (κ2) is 9.58. The van der Waals surface area contributed by atoms with Crippen molar-refractivity contribution < 1.29 is 9.59 Å². The molecule has 0 aliphatic carbocycles. The first-order chi connectivity index (χ1) is 13.9. The molecule has 7 nitrogen and oxygen atoms in total. The fraction of sp³-hybridized carbons (Fsp3) is 0.200. The predicted octanol–water partition coefficient (Wildman–Crippen LogP) is 2.72. The molecule has 0 saturated heterocycles. The normalized spacial score (nSPS) is 11.8. The lowest BCUT2D eigenvalue weighted by atomic mass is 10.0. The van der Waals surface area contributed by atoms with Crippen molar-refractivity contribution >= 4 is 35.1 Å². The Bertz CT molecular complexity index is 992. The minimum Gasteiger partial charge on any atom is -0.345 e. The van der Waals surface area contributed by atoms with Gasteiger partial charge in [-0.2, -0.15) is 0 Å². The third-order valence-corrected chi connectivity index (χ3v) is 5.40. The number of halogens is 1. The number of nitrogen functional groups attached to an aromatic ring is 1. The van der Waals surface area contributed by atoms with Crippen LogP contribution in [0.5, 0.6) is 0 Å². The number of nitrogens with zero attached hydrogens (tertiary/aromatic N) is 3. The number of nitrogens with one attached hydrogen (secondary N) is 1. The molecule has 3 rings (SSSR count). The van der Waals surface area contributed by atoms with Crippen LogP contribution < -0.4 is 11.2 Å². The number of nitrogens with two attached hydrogens (primary N) is 1. The van der Waals surface area contributed by atoms with E-state index in [1.807, 2.05) is 30.3 Å². The van der Waals surface area contributed by atoms with E-state index in [1.165, 1.54) is 11.6 Å². The molecular weight excluding hydrogens is 410 g/mol. The van der Waals surface area contributed by atoms with Gasteiger partial charge in [-0.25, -0.2) is 4.68 Å². The number of benzene rings is 2. The molecule has 0 aliphatic rings. The summed E-state index contributed by atoms with van der Waals surface area (Å²) in [7, 11) is 0. The molecule has 1 heterocycles. The maximum atomic E-state index is 12.3. The molecule has 1 atom stereocenters. The van der Waals surface area contributed by atoms with Gasteiger partial charge < -0.3 is 11.2 Å². The van der Waals surface area contributed by atoms with Gasteiger partial charge in [-0.15, -0.1) is 10.2 Å². The van der Waals surface area contributed by atoms with Crippen molar-refractivity contribution in [3.63, 3.8) is 0 Å². The van der Waals surface area contributed by atoms with Gasteiger partial charge >= 0.3 is 0 Å². The Morgan fingerprint density at radius 2 is 1.83 bits per heavy atom. The molecule has 0 aliphatic heterocycles. The smallest absolute Gasteiger partial charge is 0.231 e. The third-order valence-electron chi connectivity index (χ3n) is 4.21. The van der Waals surface area contributed by atoms with E-state index in [1.54, 1.807) is 24.3 Å². The molecule has 0 spiro atoms. The summed E-state index contributed by atoms with van der Waals surface area (Å²) in [5, 5.41) is 11.9. The first-order valence-electron chi connectivity index (χ1n) is 8.87. The molecule has 0 bridgehead atoms. The van der Waals surface area contributed by atoms with Gasteiger partial charge in [0.05, 0.1) is 11.8 Å². The van der Waals surface area contributed by atoms with Gasteiger partial charge in [-0.3, -0.25) is 9.59 Å². The minimum atomic E-state index is -0.578.